The van der Waals surface area contributed by atoms with Gasteiger partial charge in [-0.15, -0.1) is 0 Å². The van der Waals surface area contributed by atoms with Crippen LogP contribution in [0.3, 0.4) is 0 Å². The van der Waals surface area contributed by atoms with Crippen LogP contribution in [-0.2, 0) is 0 Å². The Kier molecular flexibility index (Phi) is 6.08. The van der Waals surface area contributed by atoms with E-state index in [9.17, 15) is 5.11 Å². The number of phenolic OH excluding ortho intramolecular Hbond substituents is 1. The number of aryl methyl sites for hydroxylation is 1. The highest BCUT2D eigenvalue weighted by atomic mass is 19.1. The highest BCUT2D eigenvalue weighted by Gasteiger charge is 2.55. The van der Waals surface area contributed by atoms with Gasteiger partial charge in [0.15, 0.2) is 5.82 Å². The topological polar surface area (TPSA) is 86.6 Å². The van der Waals surface area contributed by atoms with Crippen molar-refractivity contribution in [2.45, 2.75) is 82.0 Å². The predicted molar refractivity (Wildman–Crippen MR) is 169 cm³/mol. The van der Waals surface area contributed by atoms with Crippen molar-refractivity contribution in [1.29, 1.82) is 0 Å². The summed E-state index contributed by atoms with van der Waals surface area (Å²) in [4.78, 5) is 19.4. The zero-order valence-corrected chi connectivity index (χ0v) is 25.2. The third-order valence-corrected chi connectivity index (χ3v) is 11.4. The number of aromatic nitrogens is 3. The Bertz CT molecular complexity index is 1790. The molecule has 0 amide bonds. The van der Waals surface area contributed by atoms with E-state index in [2.05, 4.69) is 20.1 Å². The normalized spacial score (nSPS) is 29.5. The molecule has 0 radical (unpaired) electrons. The molecule has 44 heavy (non-hydrogen) atoms. The minimum atomic E-state index is -0.514. The summed E-state index contributed by atoms with van der Waals surface area (Å²) in [5.41, 5.74) is 1.97. The fraction of sp³-hybridized carbons (Fsp3) is 0.514. The fourth-order valence-electron chi connectivity index (χ4n) is 9.53. The third kappa shape index (κ3) is 4.11. The second-order valence-electron chi connectivity index (χ2n) is 14.0. The fourth-order valence-corrected chi connectivity index (χ4v) is 9.53. The molecule has 2 aromatic carbocycles. The second kappa shape index (κ2) is 9.97. The number of hydrogen-bond donors (Lipinski definition) is 2. The molecule has 4 aromatic rings. The SMILES string of the molecule is Cc1cccc2cc(O)cc(-c3ncc4c(N5CC6CCC(C5)N6)nc(OCC56CCCN5C5CCCC5C6)nc4c3F)c12. The van der Waals surface area contributed by atoms with Crippen LogP contribution in [0.15, 0.2) is 36.5 Å². The number of piperazine rings is 1. The summed E-state index contributed by atoms with van der Waals surface area (Å²) >= 11 is 0. The summed E-state index contributed by atoms with van der Waals surface area (Å²) in [6, 6.07) is 10.9. The van der Waals surface area contributed by atoms with Crippen molar-refractivity contribution in [1.82, 2.24) is 25.2 Å². The van der Waals surface area contributed by atoms with Crippen molar-refractivity contribution in [2.24, 2.45) is 5.92 Å². The van der Waals surface area contributed by atoms with Crippen molar-refractivity contribution < 1.29 is 14.2 Å². The maximum Gasteiger partial charge on any atom is 0.319 e. The predicted octanol–water partition coefficient (Wildman–Crippen LogP) is 5.72. The molecular formula is C35H39FN6O2. The number of phenols is 1. The first-order chi connectivity index (χ1) is 21.5. The smallest absolute Gasteiger partial charge is 0.319 e. The van der Waals surface area contributed by atoms with Crippen LogP contribution in [0.4, 0.5) is 10.2 Å². The van der Waals surface area contributed by atoms with Gasteiger partial charge in [-0.3, -0.25) is 9.88 Å². The summed E-state index contributed by atoms with van der Waals surface area (Å²) in [5.74, 6) is 1.02. The van der Waals surface area contributed by atoms with Gasteiger partial charge in [-0.25, -0.2) is 4.39 Å². The average molecular weight is 595 g/mol. The quantitative estimate of drug-likeness (QED) is 0.303. The van der Waals surface area contributed by atoms with Gasteiger partial charge in [-0.2, -0.15) is 9.97 Å². The van der Waals surface area contributed by atoms with Crippen LogP contribution in [0.1, 0.15) is 56.9 Å². The molecule has 1 saturated carbocycles. The molecule has 0 spiro atoms. The van der Waals surface area contributed by atoms with Crippen LogP contribution in [0.25, 0.3) is 32.9 Å². The van der Waals surface area contributed by atoms with Crippen LogP contribution in [-0.4, -0.2) is 74.9 Å². The van der Waals surface area contributed by atoms with Crippen molar-refractivity contribution in [3.8, 4) is 23.0 Å². The highest BCUT2D eigenvalue weighted by molar-refractivity contribution is 6.01. The maximum atomic E-state index is 16.8. The van der Waals surface area contributed by atoms with E-state index in [4.69, 9.17) is 14.7 Å². The van der Waals surface area contributed by atoms with Gasteiger partial charge in [0.1, 0.15) is 29.4 Å². The lowest BCUT2D eigenvalue weighted by molar-refractivity contribution is 0.0832. The number of nitrogens with one attached hydrogen (secondary N) is 1. The summed E-state index contributed by atoms with van der Waals surface area (Å²) in [7, 11) is 0. The van der Waals surface area contributed by atoms with E-state index in [1.807, 2.05) is 25.1 Å². The number of ether oxygens (including phenoxy) is 1. The standard InChI is InChI=1S/C35H39FN6O2/c1-20-5-2-6-21-13-25(43)14-26(29(20)21)31-30(36)32-27(16-37-31)33(41-17-23-9-10-24(18-41)38-23)40-34(39-32)44-19-35-11-4-12-42(35)28-8-3-7-22(28)15-35/h2,5-6,13-14,16,22-24,28,38,43H,3-4,7-12,15,17-19H2,1H3. The lowest BCUT2D eigenvalue weighted by Gasteiger charge is -2.35. The Morgan fingerprint density at radius 1 is 1.09 bits per heavy atom. The Balaban J connectivity index is 1.16. The van der Waals surface area contributed by atoms with Gasteiger partial charge in [0.25, 0.3) is 0 Å². The largest absolute Gasteiger partial charge is 0.508 e. The third-order valence-electron chi connectivity index (χ3n) is 11.4. The highest BCUT2D eigenvalue weighted by Crippen LogP contribution is 2.51. The molecule has 1 aliphatic carbocycles. The molecule has 2 N–H and O–H groups in total. The maximum absolute atomic E-state index is 16.8. The molecule has 2 aromatic heterocycles. The van der Waals surface area contributed by atoms with Crippen LogP contribution in [0.2, 0.25) is 0 Å². The van der Waals surface area contributed by atoms with Gasteiger partial charge < -0.3 is 20.1 Å². The van der Waals surface area contributed by atoms with Crippen LogP contribution in [0, 0.1) is 18.7 Å². The number of pyridine rings is 1. The first-order valence-electron chi connectivity index (χ1n) is 16.5. The Labute approximate surface area is 256 Å². The minimum Gasteiger partial charge on any atom is -0.508 e. The van der Waals surface area contributed by atoms with E-state index in [0.29, 0.717) is 41.5 Å². The summed E-state index contributed by atoms with van der Waals surface area (Å²) in [6.45, 7) is 5.29. The number of halogens is 1. The number of fused-ring (bicyclic) bond motifs is 7. The summed E-state index contributed by atoms with van der Waals surface area (Å²) < 4.78 is 23.4. The van der Waals surface area contributed by atoms with Crippen LogP contribution >= 0.6 is 0 Å². The number of aromatic hydroxyl groups is 1. The van der Waals surface area contributed by atoms with Gasteiger partial charge in [-0.05, 0) is 92.8 Å². The Hall–Kier alpha value is -3.56. The lowest BCUT2D eigenvalue weighted by atomic mass is 9.90. The van der Waals surface area contributed by atoms with E-state index in [0.717, 1.165) is 61.2 Å². The molecular weight excluding hydrogens is 555 g/mol. The van der Waals surface area contributed by atoms with E-state index < -0.39 is 5.82 Å². The molecule has 4 saturated heterocycles. The molecule has 2 bridgehead atoms. The summed E-state index contributed by atoms with van der Waals surface area (Å²) in [6.07, 6.45) is 11.4. The number of nitrogens with zero attached hydrogens (tertiary/aromatic N) is 5. The molecule has 6 heterocycles. The van der Waals surface area contributed by atoms with Gasteiger partial charge in [0.05, 0.1) is 10.9 Å². The second-order valence-corrected chi connectivity index (χ2v) is 14.0. The zero-order chi connectivity index (χ0) is 29.6. The molecule has 8 nitrogen and oxygen atoms in total. The Morgan fingerprint density at radius 2 is 1.95 bits per heavy atom. The first-order valence-corrected chi connectivity index (χ1v) is 16.5. The van der Waals surface area contributed by atoms with Crippen molar-refractivity contribution in [2.75, 3.05) is 31.1 Å². The number of hydrogen-bond acceptors (Lipinski definition) is 8. The number of benzene rings is 2. The molecule has 9 heteroatoms. The molecule has 5 aliphatic rings. The van der Waals surface area contributed by atoms with Gasteiger partial charge in [0, 0.05) is 43.0 Å². The lowest BCUT2D eigenvalue weighted by Crippen LogP contribution is -2.51. The van der Waals surface area contributed by atoms with Crippen molar-refractivity contribution in [3.63, 3.8) is 0 Å². The van der Waals surface area contributed by atoms with E-state index in [1.54, 1.807) is 18.3 Å². The molecule has 228 valence electrons. The molecule has 9 rings (SSSR count). The van der Waals surface area contributed by atoms with Crippen LogP contribution < -0.4 is 15.0 Å². The molecule has 5 unspecified atom stereocenters. The molecule has 5 fully saturated rings. The van der Waals surface area contributed by atoms with Crippen LogP contribution in [0.5, 0.6) is 11.8 Å². The molecule has 4 aliphatic heterocycles. The summed E-state index contributed by atoms with van der Waals surface area (Å²) in [5, 5.41) is 16.6. The first kappa shape index (κ1) is 26.8. The van der Waals surface area contributed by atoms with Crippen molar-refractivity contribution >= 4 is 27.5 Å². The van der Waals surface area contributed by atoms with Crippen molar-refractivity contribution in [3.05, 3.63) is 47.9 Å². The van der Waals surface area contributed by atoms with E-state index in [-0.39, 0.29) is 28.5 Å². The minimum absolute atomic E-state index is 0.0301. The van der Waals surface area contributed by atoms with E-state index >= 15 is 4.39 Å². The number of rotatable bonds is 5. The monoisotopic (exact) mass is 594 g/mol. The van der Waals surface area contributed by atoms with Gasteiger partial charge >= 0.3 is 6.01 Å². The number of anilines is 1. The molecule has 5 atom stereocenters. The van der Waals surface area contributed by atoms with Gasteiger partial charge in [-0.1, -0.05) is 24.6 Å². The zero-order valence-electron chi connectivity index (χ0n) is 25.2. The van der Waals surface area contributed by atoms with E-state index in [1.165, 1.54) is 32.1 Å². The Morgan fingerprint density at radius 3 is 2.82 bits per heavy atom. The average Bonchev–Trinajstić information content (AvgIpc) is 3.77. The van der Waals surface area contributed by atoms with Gasteiger partial charge in [0.2, 0.25) is 0 Å².